The third-order valence-corrected chi connectivity index (χ3v) is 4.42. The molecule has 102 valence electrons. The molecule has 1 saturated carbocycles. The van der Waals surface area contributed by atoms with Gasteiger partial charge in [0.2, 0.25) is 5.91 Å². The Morgan fingerprint density at radius 3 is 2.58 bits per heavy atom. The normalized spacial score (nSPS) is 17.7. The van der Waals surface area contributed by atoms with Gasteiger partial charge < -0.3 is 10.4 Å². The molecule has 1 aromatic heterocycles. The lowest BCUT2D eigenvalue weighted by Gasteiger charge is -2.24. The van der Waals surface area contributed by atoms with Gasteiger partial charge in [-0.3, -0.25) is 4.79 Å². The van der Waals surface area contributed by atoms with Gasteiger partial charge in [0.25, 0.3) is 0 Å². The molecule has 0 saturated heterocycles. The third kappa shape index (κ3) is 3.36. The van der Waals surface area contributed by atoms with Crippen LogP contribution in [0.15, 0.2) is 18.2 Å². The van der Waals surface area contributed by atoms with Gasteiger partial charge in [0.1, 0.15) is 5.54 Å². The lowest BCUT2D eigenvalue weighted by atomic mass is 9.98. The number of thiophene rings is 1. The molecule has 0 bridgehead atoms. The van der Waals surface area contributed by atoms with Crippen LogP contribution in [0, 0.1) is 0 Å². The van der Waals surface area contributed by atoms with Crippen LogP contribution in [0.4, 0.5) is 0 Å². The van der Waals surface area contributed by atoms with Crippen LogP contribution in [-0.4, -0.2) is 22.5 Å². The molecule has 0 radical (unpaired) electrons. The van der Waals surface area contributed by atoms with Gasteiger partial charge in [-0.25, -0.2) is 4.79 Å². The second-order valence-corrected chi connectivity index (χ2v) is 6.31. The first-order valence-electron chi connectivity index (χ1n) is 6.01. The predicted molar refractivity (Wildman–Crippen MR) is 75.3 cm³/mol. The van der Waals surface area contributed by atoms with Crippen molar-refractivity contribution < 1.29 is 14.7 Å². The van der Waals surface area contributed by atoms with Gasteiger partial charge in [-0.2, -0.15) is 0 Å². The lowest BCUT2D eigenvalue weighted by molar-refractivity contribution is -0.146. The molecule has 6 heteroatoms. The summed E-state index contributed by atoms with van der Waals surface area (Å²) in [6, 6.07) is 3.55. The van der Waals surface area contributed by atoms with Crippen molar-refractivity contribution in [2.75, 3.05) is 0 Å². The van der Waals surface area contributed by atoms with Gasteiger partial charge >= 0.3 is 5.97 Å². The minimum atomic E-state index is -1.09. The van der Waals surface area contributed by atoms with Crippen LogP contribution in [0.2, 0.25) is 4.34 Å². The SMILES string of the molecule is O=C(/C=C/c1ccc(Cl)s1)NC1(C(=O)O)CCCC1. The molecule has 1 amide bonds. The number of carboxylic acids is 1. The average Bonchev–Trinajstić information content (AvgIpc) is 2.97. The molecule has 1 fully saturated rings. The van der Waals surface area contributed by atoms with Crippen molar-refractivity contribution in [1.82, 2.24) is 5.32 Å². The number of amides is 1. The number of carbonyl (C=O) groups is 2. The zero-order chi connectivity index (χ0) is 13.9. The number of aliphatic carboxylic acids is 1. The van der Waals surface area contributed by atoms with E-state index in [1.807, 2.05) is 0 Å². The number of rotatable bonds is 4. The number of carbonyl (C=O) groups excluding carboxylic acids is 1. The molecule has 0 spiro atoms. The summed E-state index contributed by atoms with van der Waals surface area (Å²) in [5.41, 5.74) is -1.09. The summed E-state index contributed by atoms with van der Waals surface area (Å²) in [5, 5.41) is 11.9. The fourth-order valence-corrected chi connectivity index (χ4v) is 3.19. The number of nitrogens with one attached hydrogen (secondary N) is 1. The minimum Gasteiger partial charge on any atom is -0.480 e. The maximum atomic E-state index is 11.8. The molecule has 1 aliphatic rings. The minimum absolute atomic E-state index is 0.381. The summed E-state index contributed by atoms with van der Waals surface area (Å²) >= 11 is 7.14. The highest BCUT2D eigenvalue weighted by Gasteiger charge is 2.42. The van der Waals surface area contributed by atoms with E-state index in [1.165, 1.54) is 17.4 Å². The Balaban J connectivity index is 2.00. The molecule has 0 atom stereocenters. The summed E-state index contributed by atoms with van der Waals surface area (Å²) in [5.74, 6) is -1.33. The third-order valence-electron chi connectivity index (χ3n) is 3.22. The van der Waals surface area contributed by atoms with Crippen LogP contribution < -0.4 is 5.32 Å². The average molecular weight is 300 g/mol. The van der Waals surface area contributed by atoms with E-state index in [2.05, 4.69) is 5.32 Å². The first-order chi connectivity index (χ1) is 9.02. The summed E-state index contributed by atoms with van der Waals surface area (Å²) in [6.07, 6.45) is 5.63. The second kappa shape index (κ2) is 5.75. The highest BCUT2D eigenvalue weighted by atomic mass is 35.5. The van der Waals surface area contributed by atoms with E-state index in [-0.39, 0.29) is 5.91 Å². The van der Waals surface area contributed by atoms with E-state index < -0.39 is 11.5 Å². The van der Waals surface area contributed by atoms with Crippen LogP contribution in [0.25, 0.3) is 6.08 Å². The molecule has 1 aromatic rings. The molecular weight excluding hydrogens is 286 g/mol. The Hall–Kier alpha value is -1.33. The van der Waals surface area contributed by atoms with Crippen molar-refractivity contribution in [2.45, 2.75) is 31.2 Å². The Labute approximate surface area is 120 Å². The molecular formula is C13H14ClNO3S. The van der Waals surface area contributed by atoms with Gasteiger partial charge in [-0.15, -0.1) is 11.3 Å². The van der Waals surface area contributed by atoms with E-state index in [0.717, 1.165) is 17.7 Å². The first kappa shape index (κ1) is 14.1. The highest BCUT2D eigenvalue weighted by molar-refractivity contribution is 7.17. The van der Waals surface area contributed by atoms with E-state index in [9.17, 15) is 14.7 Å². The fraction of sp³-hybridized carbons (Fsp3) is 0.385. The van der Waals surface area contributed by atoms with Crippen molar-refractivity contribution in [3.8, 4) is 0 Å². The van der Waals surface area contributed by atoms with Crippen LogP contribution >= 0.6 is 22.9 Å². The molecule has 1 heterocycles. The Bertz CT molecular complexity index is 518. The zero-order valence-corrected chi connectivity index (χ0v) is 11.8. The topological polar surface area (TPSA) is 66.4 Å². The first-order valence-corrected chi connectivity index (χ1v) is 7.20. The van der Waals surface area contributed by atoms with Crippen LogP contribution in [0.3, 0.4) is 0 Å². The smallest absolute Gasteiger partial charge is 0.329 e. The zero-order valence-electron chi connectivity index (χ0n) is 10.2. The van der Waals surface area contributed by atoms with Gasteiger partial charge in [0, 0.05) is 11.0 Å². The molecule has 0 aliphatic heterocycles. The Morgan fingerprint density at radius 1 is 1.37 bits per heavy atom. The molecule has 0 aromatic carbocycles. The van der Waals surface area contributed by atoms with E-state index >= 15 is 0 Å². The number of hydrogen-bond donors (Lipinski definition) is 2. The second-order valence-electron chi connectivity index (χ2n) is 4.56. The summed E-state index contributed by atoms with van der Waals surface area (Å²) in [4.78, 5) is 23.9. The number of halogens is 1. The number of carboxylic acid groups (broad SMARTS) is 1. The molecule has 0 unspecified atom stereocenters. The monoisotopic (exact) mass is 299 g/mol. The largest absolute Gasteiger partial charge is 0.480 e. The highest BCUT2D eigenvalue weighted by Crippen LogP contribution is 2.30. The van der Waals surface area contributed by atoms with Gasteiger partial charge in [0.05, 0.1) is 4.34 Å². The van der Waals surface area contributed by atoms with Crippen molar-refractivity contribution in [3.05, 3.63) is 27.4 Å². The van der Waals surface area contributed by atoms with Crippen molar-refractivity contribution >= 4 is 40.9 Å². The molecule has 2 N–H and O–H groups in total. The summed E-state index contributed by atoms with van der Waals surface area (Å²) in [6.45, 7) is 0. The quantitative estimate of drug-likeness (QED) is 0.840. The van der Waals surface area contributed by atoms with Gasteiger partial charge in [-0.05, 0) is 31.1 Å². The van der Waals surface area contributed by atoms with Crippen molar-refractivity contribution in [3.63, 3.8) is 0 Å². The van der Waals surface area contributed by atoms with Gasteiger partial charge in [0.15, 0.2) is 0 Å². The van der Waals surface area contributed by atoms with Crippen LogP contribution in [-0.2, 0) is 9.59 Å². The predicted octanol–water partition coefficient (Wildman–Crippen LogP) is 2.93. The van der Waals surface area contributed by atoms with Crippen molar-refractivity contribution in [1.29, 1.82) is 0 Å². The molecule has 19 heavy (non-hydrogen) atoms. The molecule has 4 nitrogen and oxygen atoms in total. The van der Waals surface area contributed by atoms with E-state index in [1.54, 1.807) is 18.2 Å². The Kier molecular flexibility index (Phi) is 4.27. The standard InChI is InChI=1S/C13H14ClNO3S/c14-10-5-3-9(19-10)4-6-11(16)15-13(12(17)18)7-1-2-8-13/h3-6H,1-2,7-8H2,(H,15,16)(H,17,18)/b6-4+. The van der Waals surface area contributed by atoms with Crippen LogP contribution in [0.1, 0.15) is 30.6 Å². The Morgan fingerprint density at radius 2 is 2.05 bits per heavy atom. The molecule has 2 rings (SSSR count). The maximum Gasteiger partial charge on any atom is 0.329 e. The molecule has 1 aliphatic carbocycles. The van der Waals surface area contributed by atoms with Gasteiger partial charge in [-0.1, -0.05) is 24.4 Å². The number of hydrogen-bond acceptors (Lipinski definition) is 3. The fourth-order valence-electron chi connectivity index (χ4n) is 2.22. The van der Waals surface area contributed by atoms with E-state index in [0.29, 0.717) is 17.2 Å². The lowest BCUT2D eigenvalue weighted by Crippen LogP contribution is -2.52. The maximum absolute atomic E-state index is 11.8. The summed E-state index contributed by atoms with van der Waals surface area (Å²) < 4.78 is 0.651. The van der Waals surface area contributed by atoms with Crippen molar-refractivity contribution in [2.24, 2.45) is 0 Å². The summed E-state index contributed by atoms with van der Waals surface area (Å²) in [7, 11) is 0. The van der Waals surface area contributed by atoms with E-state index in [4.69, 9.17) is 11.6 Å². The van der Waals surface area contributed by atoms with Crippen LogP contribution in [0.5, 0.6) is 0 Å².